The summed E-state index contributed by atoms with van der Waals surface area (Å²) in [6.07, 6.45) is 1.03. The number of nitrogens with zero attached hydrogens (tertiary/aromatic N) is 1. The summed E-state index contributed by atoms with van der Waals surface area (Å²) in [5, 5.41) is 16.7. The number of hydrogen-bond acceptors (Lipinski definition) is 5. The predicted octanol–water partition coefficient (Wildman–Crippen LogP) is 4.32. The Bertz CT molecular complexity index is 1090. The summed E-state index contributed by atoms with van der Waals surface area (Å²) in [5.41, 5.74) is 1.02. The number of anilines is 1. The van der Waals surface area contributed by atoms with Crippen LogP contribution in [0, 0.1) is 10.1 Å². The largest absolute Gasteiger partial charge is 0.373 e. The summed E-state index contributed by atoms with van der Waals surface area (Å²) in [4.78, 5) is 10.7. The first kappa shape index (κ1) is 17.9. The van der Waals surface area contributed by atoms with Gasteiger partial charge in [-0.3, -0.25) is 10.1 Å². The number of hydrogen-bond donors (Lipinski definition) is 1. The van der Waals surface area contributed by atoms with Crippen molar-refractivity contribution >= 4 is 32.0 Å². The molecule has 3 aromatic carbocycles. The smallest absolute Gasteiger partial charge is 0.293 e. The average Bonchev–Trinajstić information content (AvgIpc) is 2.60. The monoisotopic (exact) mass is 370 g/mol. The van der Waals surface area contributed by atoms with Gasteiger partial charge in [0.05, 0.1) is 9.82 Å². The highest BCUT2D eigenvalue weighted by atomic mass is 32.2. The van der Waals surface area contributed by atoms with E-state index in [0.29, 0.717) is 0 Å². The fourth-order valence-electron chi connectivity index (χ4n) is 2.95. The van der Waals surface area contributed by atoms with Crippen LogP contribution in [0.1, 0.15) is 18.5 Å². The van der Waals surface area contributed by atoms with Crippen LogP contribution >= 0.6 is 0 Å². The molecule has 0 amide bonds. The number of fused-ring (bicyclic) bond motifs is 1. The van der Waals surface area contributed by atoms with Gasteiger partial charge in [-0.05, 0) is 35.4 Å². The molecule has 0 spiro atoms. The van der Waals surface area contributed by atoms with Crippen molar-refractivity contribution in [2.75, 3.05) is 11.6 Å². The second-order valence-corrected chi connectivity index (χ2v) is 8.16. The summed E-state index contributed by atoms with van der Waals surface area (Å²) >= 11 is 0. The number of benzene rings is 3. The Morgan fingerprint density at radius 2 is 1.73 bits per heavy atom. The lowest BCUT2D eigenvalue weighted by Gasteiger charge is -2.18. The standard InChI is InChI=1S/C19H18N2O4S/c1-13(16-9-5-7-14-6-3-4-8-17(14)16)20-18-11-10-15(26(2,24)25)12-19(18)21(22)23/h3-13,20H,1-2H3/t13-/m0/s1. The molecule has 0 heterocycles. The van der Waals surface area contributed by atoms with Crippen LogP contribution in [0.2, 0.25) is 0 Å². The van der Waals surface area contributed by atoms with Gasteiger partial charge in [-0.25, -0.2) is 8.42 Å². The van der Waals surface area contributed by atoms with Crippen molar-refractivity contribution in [2.45, 2.75) is 17.9 Å². The molecule has 7 heteroatoms. The van der Waals surface area contributed by atoms with E-state index < -0.39 is 14.8 Å². The van der Waals surface area contributed by atoms with E-state index in [1.54, 1.807) is 0 Å². The lowest BCUT2D eigenvalue weighted by Crippen LogP contribution is -2.09. The van der Waals surface area contributed by atoms with Gasteiger partial charge in [0.15, 0.2) is 9.84 Å². The molecule has 3 rings (SSSR count). The molecule has 6 nitrogen and oxygen atoms in total. The zero-order valence-corrected chi connectivity index (χ0v) is 15.2. The number of rotatable bonds is 5. The van der Waals surface area contributed by atoms with E-state index in [-0.39, 0.29) is 22.3 Å². The van der Waals surface area contributed by atoms with Gasteiger partial charge in [0.25, 0.3) is 5.69 Å². The van der Waals surface area contributed by atoms with Crippen molar-refractivity contribution in [1.82, 2.24) is 0 Å². The molecule has 0 fully saturated rings. The third-order valence-corrected chi connectivity index (χ3v) is 5.37. The first-order chi connectivity index (χ1) is 12.3. The molecule has 0 aliphatic heterocycles. The molecule has 134 valence electrons. The minimum absolute atomic E-state index is 0.0763. The second-order valence-electron chi connectivity index (χ2n) is 6.14. The molecule has 1 atom stereocenters. The molecule has 0 aromatic heterocycles. The van der Waals surface area contributed by atoms with Gasteiger partial charge in [-0.1, -0.05) is 42.5 Å². The molecule has 0 aliphatic rings. The molecule has 0 aliphatic carbocycles. The van der Waals surface area contributed by atoms with Crippen LogP contribution in [-0.2, 0) is 9.84 Å². The van der Waals surface area contributed by atoms with Crippen LogP contribution in [0.25, 0.3) is 10.8 Å². The first-order valence-corrected chi connectivity index (χ1v) is 9.89. The molecular weight excluding hydrogens is 352 g/mol. The van der Waals surface area contributed by atoms with E-state index in [1.807, 2.05) is 49.4 Å². The normalized spacial score (nSPS) is 12.7. The highest BCUT2D eigenvalue weighted by Gasteiger charge is 2.20. The fourth-order valence-corrected chi connectivity index (χ4v) is 3.60. The zero-order chi connectivity index (χ0) is 18.9. The van der Waals surface area contributed by atoms with Gasteiger partial charge >= 0.3 is 0 Å². The van der Waals surface area contributed by atoms with E-state index in [9.17, 15) is 18.5 Å². The number of nitro groups is 1. The van der Waals surface area contributed by atoms with E-state index in [4.69, 9.17) is 0 Å². The van der Waals surface area contributed by atoms with Crippen molar-refractivity contribution in [2.24, 2.45) is 0 Å². The summed E-state index contributed by atoms with van der Waals surface area (Å²) in [7, 11) is -3.52. The van der Waals surface area contributed by atoms with Crippen molar-refractivity contribution < 1.29 is 13.3 Å². The summed E-state index contributed by atoms with van der Waals surface area (Å²) < 4.78 is 23.3. The van der Waals surface area contributed by atoms with Crippen LogP contribution in [0.5, 0.6) is 0 Å². The minimum Gasteiger partial charge on any atom is -0.373 e. The van der Waals surface area contributed by atoms with Crippen LogP contribution in [0.3, 0.4) is 0 Å². The zero-order valence-electron chi connectivity index (χ0n) is 14.3. The van der Waals surface area contributed by atoms with E-state index >= 15 is 0 Å². The van der Waals surface area contributed by atoms with E-state index in [1.165, 1.54) is 12.1 Å². The van der Waals surface area contributed by atoms with Crippen molar-refractivity contribution in [3.8, 4) is 0 Å². The predicted molar refractivity (Wildman–Crippen MR) is 102 cm³/mol. The maximum Gasteiger partial charge on any atom is 0.293 e. The third kappa shape index (κ3) is 3.52. The van der Waals surface area contributed by atoms with Crippen molar-refractivity contribution in [3.63, 3.8) is 0 Å². The Hall–Kier alpha value is -2.93. The lowest BCUT2D eigenvalue weighted by atomic mass is 9.99. The SMILES string of the molecule is C[C@H](Nc1ccc(S(C)(=O)=O)cc1[N+](=O)[O-])c1cccc2ccccc12. The molecule has 3 aromatic rings. The number of sulfone groups is 1. The molecule has 0 saturated carbocycles. The van der Waals surface area contributed by atoms with Crippen LogP contribution in [-0.4, -0.2) is 19.6 Å². The van der Waals surface area contributed by atoms with Gasteiger partial charge in [-0.15, -0.1) is 0 Å². The van der Waals surface area contributed by atoms with Crippen LogP contribution < -0.4 is 5.32 Å². The molecular formula is C19H18N2O4S. The summed E-state index contributed by atoms with van der Waals surface area (Å²) in [6, 6.07) is 17.5. The second kappa shape index (κ2) is 6.76. The van der Waals surface area contributed by atoms with Crippen molar-refractivity contribution in [3.05, 3.63) is 76.3 Å². The molecule has 0 saturated heterocycles. The Kier molecular flexibility index (Phi) is 4.65. The summed E-state index contributed by atoms with van der Waals surface area (Å²) in [5.74, 6) is 0. The highest BCUT2D eigenvalue weighted by Crippen LogP contribution is 2.32. The number of nitro benzene ring substituents is 1. The van der Waals surface area contributed by atoms with Crippen LogP contribution in [0.15, 0.2) is 65.6 Å². The molecule has 0 radical (unpaired) electrons. The van der Waals surface area contributed by atoms with Gasteiger partial charge in [0, 0.05) is 18.4 Å². The van der Waals surface area contributed by atoms with Crippen molar-refractivity contribution in [1.29, 1.82) is 0 Å². The Morgan fingerprint density at radius 1 is 1.04 bits per heavy atom. The Labute approximate surface area is 151 Å². The highest BCUT2D eigenvalue weighted by molar-refractivity contribution is 7.90. The first-order valence-electron chi connectivity index (χ1n) is 8.00. The lowest BCUT2D eigenvalue weighted by molar-refractivity contribution is -0.384. The van der Waals surface area contributed by atoms with E-state index in [2.05, 4.69) is 5.32 Å². The molecule has 1 N–H and O–H groups in total. The Morgan fingerprint density at radius 3 is 2.42 bits per heavy atom. The quantitative estimate of drug-likeness (QED) is 0.533. The summed E-state index contributed by atoms with van der Waals surface area (Å²) in [6.45, 7) is 1.91. The van der Waals surface area contributed by atoms with Gasteiger partial charge in [-0.2, -0.15) is 0 Å². The van der Waals surface area contributed by atoms with E-state index in [0.717, 1.165) is 28.7 Å². The molecule has 0 bridgehead atoms. The van der Waals surface area contributed by atoms with Gasteiger partial charge in [0.1, 0.15) is 5.69 Å². The fraction of sp³-hybridized carbons (Fsp3) is 0.158. The van der Waals surface area contributed by atoms with Gasteiger partial charge in [0.2, 0.25) is 0 Å². The molecule has 26 heavy (non-hydrogen) atoms. The maximum atomic E-state index is 11.7. The van der Waals surface area contributed by atoms with Gasteiger partial charge < -0.3 is 5.32 Å². The maximum absolute atomic E-state index is 11.7. The van der Waals surface area contributed by atoms with Crippen LogP contribution in [0.4, 0.5) is 11.4 Å². The topological polar surface area (TPSA) is 89.3 Å². The Balaban J connectivity index is 2.01. The third-order valence-electron chi connectivity index (χ3n) is 4.26. The average molecular weight is 370 g/mol. The molecule has 0 unspecified atom stereocenters. The number of nitrogens with one attached hydrogen (secondary N) is 1. The minimum atomic E-state index is -3.52.